The van der Waals surface area contributed by atoms with Gasteiger partial charge in [-0.2, -0.15) is 0 Å². The molecule has 8 aromatic carbocycles. The van der Waals surface area contributed by atoms with E-state index in [1.165, 1.54) is 86.2 Å². The number of thiophene rings is 1. The first kappa shape index (κ1) is 25.9. The highest BCUT2D eigenvalue weighted by molar-refractivity contribution is 7.24. The van der Waals surface area contributed by atoms with E-state index in [9.17, 15) is 0 Å². The molecule has 210 valence electrons. The fraction of sp³-hybridized carbons (Fsp3) is 0. The van der Waals surface area contributed by atoms with Crippen LogP contribution in [0.1, 0.15) is 0 Å². The summed E-state index contributed by atoms with van der Waals surface area (Å²) in [4.78, 5) is 1.31. The van der Waals surface area contributed by atoms with E-state index >= 15 is 0 Å². The van der Waals surface area contributed by atoms with Gasteiger partial charge in [0.25, 0.3) is 0 Å². The molecule has 1 heterocycles. The van der Waals surface area contributed by atoms with E-state index < -0.39 is 0 Å². The Balaban J connectivity index is 1.48. The quantitative estimate of drug-likeness (QED) is 0.192. The minimum absolute atomic E-state index is 1.24. The highest BCUT2D eigenvalue weighted by atomic mass is 32.1. The predicted molar refractivity (Wildman–Crippen MR) is 196 cm³/mol. The van der Waals surface area contributed by atoms with Crippen LogP contribution < -0.4 is 0 Å². The molecule has 0 aliphatic rings. The molecule has 9 aromatic rings. The number of hydrogen-bond acceptors (Lipinski definition) is 1. The summed E-state index contributed by atoms with van der Waals surface area (Å²) >= 11 is 1.93. The molecule has 0 atom stereocenters. The van der Waals surface area contributed by atoms with E-state index in [2.05, 4.69) is 170 Å². The van der Waals surface area contributed by atoms with Crippen LogP contribution in [0.3, 0.4) is 0 Å². The van der Waals surface area contributed by atoms with Crippen molar-refractivity contribution in [3.8, 4) is 43.8 Å². The van der Waals surface area contributed by atoms with Gasteiger partial charge >= 0.3 is 0 Å². The van der Waals surface area contributed by atoms with Crippen molar-refractivity contribution >= 4 is 53.7 Å². The monoisotopic (exact) mass is 588 g/mol. The molecule has 0 nitrogen and oxygen atoms in total. The molecule has 1 aromatic heterocycles. The van der Waals surface area contributed by atoms with Crippen LogP contribution in [0.15, 0.2) is 170 Å². The average molecular weight is 589 g/mol. The maximum absolute atomic E-state index is 2.37. The fourth-order valence-corrected chi connectivity index (χ4v) is 8.38. The maximum atomic E-state index is 2.37. The van der Waals surface area contributed by atoms with Crippen molar-refractivity contribution in [2.45, 2.75) is 0 Å². The Labute approximate surface area is 266 Å². The zero-order valence-electron chi connectivity index (χ0n) is 24.6. The van der Waals surface area contributed by atoms with Gasteiger partial charge in [-0.3, -0.25) is 0 Å². The van der Waals surface area contributed by atoms with Crippen LogP contribution in [0.5, 0.6) is 0 Å². The van der Waals surface area contributed by atoms with Crippen molar-refractivity contribution in [3.05, 3.63) is 170 Å². The van der Waals surface area contributed by atoms with E-state index in [4.69, 9.17) is 0 Å². The Morgan fingerprint density at radius 1 is 0.311 bits per heavy atom. The van der Waals surface area contributed by atoms with Crippen molar-refractivity contribution in [1.29, 1.82) is 0 Å². The van der Waals surface area contributed by atoms with Crippen LogP contribution >= 0.6 is 11.3 Å². The van der Waals surface area contributed by atoms with Gasteiger partial charge in [-0.15, -0.1) is 11.3 Å². The SMILES string of the molecule is c1ccc(-c2c(-c3ccc4ccccc4c3)c3ccccc3c3c(-c4ccccc4)c(-c4ccc5ccccc5c4)sc23)cc1. The number of hydrogen-bond donors (Lipinski definition) is 0. The summed E-state index contributed by atoms with van der Waals surface area (Å²) in [5, 5.41) is 8.93. The molecule has 9 rings (SSSR count). The predicted octanol–water partition coefficient (Wildman–Crippen LogP) is 13.0. The van der Waals surface area contributed by atoms with Gasteiger partial charge in [0.2, 0.25) is 0 Å². The number of fused-ring (bicyclic) bond motifs is 5. The molecule has 0 amide bonds. The van der Waals surface area contributed by atoms with Crippen molar-refractivity contribution in [2.24, 2.45) is 0 Å². The molecule has 0 N–H and O–H groups in total. The summed E-state index contributed by atoms with van der Waals surface area (Å²) in [6, 6.07) is 62.1. The van der Waals surface area contributed by atoms with Crippen LogP contribution in [-0.4, -0.2) is 0 Å². The van der Waals surface area contributed by atoms with Gasteiger partial charge in [0.15, 0.2) is 0 Å². The summed E-state index contributed by atoms with van der Waals surface area (Å²) in [6.07, 6.45) is 0. The highest BCUT2D eigenvalue weighted by Crippen LogP contribution is 2.54. The van der Waals surface area contributed by atoms with Crippen LogP contribution in [-0.2, 0) is 0 Å². The van der Waals surface area contributed by atoms with E-state index in [0.717, 1.165) is 0 Å². The summed E-state index contributed by atoms with van der Waals surface area (Å²) in [7, 11) is 0. The molecule has 0 radical (unpaired) electrons. The second-order valence-corrected chi connectivity index (χ2v) is 12.7. The third kappa shape index (κ3) is 4.28. The molecule has 0 aliphatic heterocycles. The van der Waals surface area contributed by atoms with Gasteiger partial charge < -0.3 is 0 Å². The van der Waals surface area contributed by atoms with Crippen LogP contribution in [0.4, 0.5) is 0 Å². The van der Waals surface area contributed by atoms with E-state index in [0.29, 0.717) is 0 Å². The lowest BCUT2D eigenvalue weighted by molar-refractivity contribution is 1.65. The minimum Gasteiger partial charge on any atom is -0.134 e. The van der Waals surface area contributed by atoms with Gasteiger partial charge in [-0.25, -0.2) is 0 Å². The first-order valence-corrected chi connectivity index (χ1v) is 16.3. The molecule has 0 unspecified atom stereocenters. The molecular formula is C44H28S. The average Bonchev–Trinajstić information content (AvgIpc) is 3.52. The number of rotatable bonds is 4. The molecule has 45 heavy (non-hydrogen) atoms. The molecular weight excluding hydrogens is 561 g/mol. The van der Waals surface area contributed by atoms with E-state index in [1.807, 2.05) is 11.3 Å². The largest absolute Gasteiger partial charge is 0.134 e. The molecule has 0 aliphatic carbocycles. The van der Waals surface area contributed by atoms with Crippen molar-refractivity contribution < 1.29 is 0 Å². The molecule has 0 saturated heterocycles. The minimum atomic E-state index is 1.24. The van der Waals surface area contributed by atoms with Crippen LogP contribution in [0, 0.1) is 0 Å². The fourth-order valence-electron chi connectivity index (χ4n) is 6.97. The third-order valence-corrected chi connectivity index (χ3v) is 10.3. The van der Waals surface area contributed by atoms with Crippen LogP contribution in [0.25, 0.3) is 86.2 Å². The number of benzene rings is 8. The summed E-state index contributed by atoms with van der Waals surface area (Å²) in [5.74, 6) is 0. The Bertz CT molecular complexity index is 2520. The maximum Gasteiger partial charge on any atom is 0.0446 e. The van der Waals surface area contributed by atoms with Gasteiger partial charge in [0, 0.05) is 26.1 Å². The normalized spacial score (nSPS) is 11.6. The Morgan fingerprint density at radius 2 is 0.800 bits per heavy atom. The lowest BCUT2D eigenvalue weighted by atomic mass is 9.85. The second kappa shape index (κ2) is 10.6. The van der Waals surface area contributed by atoms with Crippen LogP contribution in [0.2, 0.25) is 0 Å². The van der Waals surface area contributed by atoms with E-state index in [1.54, 1.807) is 0 Å². The Morgan fingerprint density at radius 3 is 1.44 bits per heavy atom. The van der Waals surface area contributed by atoms with Crippen molar-refractivity contribution in [2.75, 3.05) is 0 Å². The molecule has 0 bridgehead atoms. The first-order chi connectivity index (χ1) is 22.3. The Hall–Kier alpha value is -5.50. The summed E-state index contributed by atoms with van der Waals surface area (Å²) in [5.41, 5.74) is 8.88. The molecule has 0 spiro atoms. The van der Waals surface area contributed by atoms with Crippen molar-refractivity contribution in [1.82, 2.24) is 0 Å². The second-order valence-electron chi connectivity index (χ2n) is 11.7. The molecule has 0 saturated carbocycles. The summed E-state index contributed by atoms with van der Waals surface area (Å²) in [6.45, 7) is 0. The van der Waals surface area contributed by atoms with Gasteiger partial charge in [0.1, 0.15) is 0 Å². The van der Waals surface area contributed by atoms with Gasteiger partial charge in [0.05, 0.1) is 0 Å². The van der Waals surface area contributed by atoms with Gasteiger partial charge in [-0.1, -0.05) is 158 Å². The van der Waals surface area contributed by atoms with E-state index in [-0.39, 0.29) is 0 Å². The highest BCUT2D eigenvalue weighted by Gasteiger charge is 2.25. The zero-order valence-corrected chi connectivity index (χ0v) is 25.4. The molecule has 1 heteroatoms. The zero-order chi connectivity index (χ0) is 29.7. The lowest BCUT2D eigenvalue weighted by Gasteiger charge is -2.18. The summed E-state index contributed by atoms with van der Waals surface area (Å²) < 4.78 is 1.32. The van der Waals surface area contributed by atoms with Gasteiger partial charge in [-0.05, 0) is 72.3 Å². The standard InChI is InChI=1S/C44H28S/c1-3-15-31(16-4-1)40-39(35-25-23-29-13-7-9-19-33(29)27-35)37-21-11-12-22-38(37)42-41(32-17-5-2-6-18-32)43(45-44(40)42)36-26-24-30-14-8-10-20-34(30)28-36/h1-28H. The lowest BCUT2D eigenvalue weighted by Crippen LogP contribution is -1.91. The van der Waals surface area contributed by atoms with Crippen molar-refractivity contribution in [3.63, 3.8) is 0 Å². The first-order valence-electron chi connectivity index (χ1n) is 15.4. The topological polar surface area (TPSA) is 0 Å². The Kier molecular flexibility index (Phi) is 6.11. The third-order valence-electron chi connectivity index (χ3n) is 9.03. The smallest absolute Gasteiger partial charge is 0.0446 e. The molecule has 0 fully saturated rings.